The number of ketones is 1. The van der Waals surface area contributed by atoms with Crippen LogP contribution in [-0.2, 0) is 0 Å². The first-order valence-electron chi connectivity index (χ1n) is 7.13. The van der Waals surface area contributed by atoms with Gasteiger partial charge in [0, 0.05) is 18.0 Å². The minimum atomic E-state index is 0.206. The first-order valence-corrected chi connectivity index (χ1v) is 7.13. The summed E-state index contributed by atoms with van der Waals surface area (Å²) < 4.78 is 0. The van der Waals surface area contributed by atoms with Gasteiger partial charge in [-0.15, -0.1) is 0 Å². The second kappa shape index (κ2) is 6.69. The van der Waals surface area contributed by atoms with Crippen LogP contribution in [0.4, 0.5) is 0 Å². The molecule has 2 rings (SSSR count). The summed E-state index contributed by atoms with van der Waals surface area (Å²) in [6.45, 7) is 5.48. The third-order valence-corrected chi connectivity index (χ3v) is 3.76. The molecule has 1 unspecified atom stereocenters. The first kappa shape index (κ1) is 13.3. The summed E-state index contributed by atoms with van der Waals surface area (Å²) in [5.74, 6) is 0.537. The Morgan fingerprint density at radius 3 is 2.83 bits per heavy atom. The average Bonchev–Trinajstić information content (AvgIpc) is 2.45. The van der Waals surface area contributed by atoms with Gasteiger partial charge in [0.05, 0.1) is 0 Å². The fourth-order valence-electron chi connectivity index (χ4n) is 2.69. The molecule has 0 bridgehead atoms. The number of rotatable bonds is 5. The molecule has 18 heavy (non-hydrogen) atoms. The number of unbranched alkanes of at least 4 members (excludes halogenated alkanes) is 1. The van der Waals surface area contributed by atoms with Crippen molar-refractivity contribution in [2.75, 3.05) is 19.6 Å². The summed E-state index contributed by atoms with van der Waals surface area (Å²) in [6, 6.07) is 9.74. The summed E-state index contributed by atoms with van der Waals surface area (Å²) in [6.07, 6.45) is 4.68. The van der Waals surface area contributed by atoms with Crippen molar-refractivity contribution in [3.8, 4) is 0 Å². The van der Waals surface area contributed by atoms with E-state index in [1.54, 1.807) is 0 Å². The first-order chi connectivity index (χ1) is 8.81. The van der Waals surface area contributed by atoms with Crippen molar-refractivity contribution in [1.29, 1.82) is 0 Å². The molecule has 0 aromatic heterocycles. The number of benzene rings is 1. The normalized spacial score (nSPS) is 20.8. The Morgan fingerprint density at radius 1 is 1.33 bits per heavy atom. The Morgan fingerprint density at radius 2 is 2.11 bits per heavy atom. The zero-order valence-electron chi connectivity index (χ0n) is 11.3. The molecule has 1 fully saturated rings. The fraction of sp³-hybridized carbons (Fsp3) is 0.562. The molecule has 1 aliphatic rings. The number of carbonyl (C=O) groups is 1. The smallest absolute Gasteiger partial charge is 0.167 e. The molecular weight excluding hydrogens is 222 g/mol. The standard InChI is InChI=1S/C16H23NO/c1-2-3-11-17-12-7-10-15(13-17)16(18)14-8-5-4-6-9-14/h4-6,8-9,15H,2-3,7,10-13H2,1H3. The van der Waals surface area contributed by atoms with Crippen molar-refractivity contribution in [2.45, 2.75) is 32.6 Å². The van der Waals surface area contributed by atoms with E-state index in [0.717, 1.165) is 31.5 Å². The molecule has 2 heteroatoms. The maximum Gasteiger partial charge on any atom is 0.167 e. The lowest BCUT2D eigenvalue weighted by atomic mass is 9.90. The molecule has 1 aromatic rings. The van der Waals surface area contributed by atoms with Crippen molar-refractivity contribution in [2.24, 2.45) is 5.92 Å². The van der Waals surface area contributed by atoms with Crippen LogP contribution in [0.3, 0.4) is 0 Å². The molecule has 1 atom stereocenters. The maximum atomic E-state index is 12.4. The van der Waals surface area contributed by atoms with Crippen molar-refractivity contribution in [1.82, 2.24) is 4.90 Å². The topological polar surface area (TPSA) is 20.3 Å². The fourth-order valence-corrected chi connectivity index (χ4v) is 2.69. The predicted molar refractivity (Wildman–Crippen MR) is 74.8 cm³/mol. The van der Waals surface area contributed by atoms with Crippen LogP contribution in [0.25, 0.3) is 0 Å². The van der Waals surface area contributed by atoms with Crippen molar-refractivity contribution >= 4 is 5.78 Å². The average molecular weight is 245 g/mol. The number of likely N-dealkylation sites (tertiary alicyclic amines) is 1. The van der Waals surface area contributed by atoms with Crippen molar-refractivity contribution in [3.05, 3.63) is 35.9 Å². The highest BCUT2D eigenvalue weighted by molar-refractivity contribution is 5.98. The summed E-state index contributed by atoms with van der Waals surface area (Å²) in [5, 5.41) is 0. The van der Waals surface area contributed by atoms with Crippen molar-refractivity contribution in [3.63, 3.8) is 0 Å². The quantitative estimate of drug-likeness (QED) is 0.741. The summed E-state index contributed by atoms with van der Waals surface area (Å²) in [5.41, 5.74) is 0.875. The van der Waals surface area contributed by atoms with Crippen LogP contribution in [0.5, 0.6) is 0 Å². The van der Waals surface area contributed by atoms with Gasteiger partial charge in [0.2, 0.25) is 0 Å². The largest absolute Gasteiger partial charge is 0.303 e. The van der Waals surface area contributed by atoms with Gasteiger partial charge in [-0.3, -0.25) is 4.79 Å². The number of Topliss-reactive ketones (excluding diaryl/α,β-unsaturated/α-hetero) is 1. The molecular formula is C16H23NO. The number of hydrogen-bond donors (Lipinski definition) is 0. The van der Waals surface area contributed by atoms with Gasteiger partial charge in [-0.1, -0.05) is 43.7 Å². The molecule has 0 spiro atoms. The number of nitrogens with zero attached hydrogens (tertiary/aromatic N) is 1. The molecule has 0 radical (unpaired) electrons. The minimum Gasteiger partial charge on any atom is -0.303 e. The molecule has 2 nitrogen and oxygen atoms in total. The van der Waals surface area contributed by atoms with Crippen molar-refractivity contribution < 1.29 is 4.79 Å². The second-order valence-corrected chi connectivity index (χ2v) is 5.22. The number of piperidine rings is 1. The Balaban J connectivity index is 1.94. The molecule has 98 valence electrons. The molecule has 1 saturated heterocycles. The Bertz CT molecular complexity index is 374. The lowest BCUT2D eigenvalue weighted by molar-refractivity contribution is 0.0818. The zero-order chi connectivity index (χ0) is 12.8. The summed E-state index contributed by atoms with van der Waals surface area (Å²) >= 11 is 0. The highest BCUT2D eigenvalue weighted by Crippen LogP contribution is 2.21. The highest BCUT2D eigenvalue weighted by Gasteiger charge is 2.25. The molecule has 0 aliphatic carbocycles. The van der Waals surface area contributed by atoms with Crippen LogP contribution in [0, 0.1) is 5.92 Å². The number of hydrogen-bond acceptors (Lipinski definition) is 2. The van der Waals surface area contributed by atoms with Gasteiger partial charge in [0.1, 0.15) is 0 Å². The van der Waals surface area contributed by atoms with Gasteiger partial charge in [0.25, 0.3) is 0 Å². The third-order valence-electron chi connectivity index (χ3n) is 3.76. The van der Waals surface area contributed by atoms with Crippen LogP contribution in [0.2, 0.25) is 0 Å². The van der Waals surface area contributed by atoms with Crippen LogP contribution in [0.1, 0.15) is 43.0 Å². The van der Waals surface area contributed by atoms with E-state index in [2.05, 4.69) is 11.8 Å². The van der Waals surface area contributed by atoms with E-state index in [1.807, 2.05) is 30.3 Å². The maximum absolute atomic E-state index is 12.4. The van der Waals surface area contributed by atoms with Gasteiger partial charge >= 0.3 is 0 Å². The van der Waals surface area contributed by atoms with Gasteiger partial charge in [0.15, 0.2) is 5.78 Å². The monoisotopic (exact) mass is 245 g/mol. The summed E-state index contributed by atoms with van der Waals surface area (Å²) in [4.78, 5) is 14.8. The van der Waals surface area contributed by atoms with Gasteiger partial charge in [-0.05, 0) is 32.4 Å². The second-order valence-electron chi connectivity index (χ2n) is 5.22. The van der Waals surface area contributed by atoms with Gasteiger partial charge < -0.3 is 4.90 Å². The summed E-state index contributed by atoms with van der Waals surface area (Å²) in [7, 11) is 0. The molecule has 1 aliphatic heterocycles. The molecule has 0 N–H and O–H groups in total. The van der Waals surface area contributed by atoms with E-state index in [9.17, 15) is 4.79 Å². The van der Waals surface area contributed by atoms with E-state index in [-0.39, 0.29) is 5.92 Å². The van der Waals surface area contributed by atoms with E-state index >= 15 is 0 Å². The lowest BCUT2D eigenvalue weighted by Gasteiger charge is -2.31. The Kier molecular flexibility index (Phi) is 4.94. The van der Waals surface area contributed by atoms with Crippen LogP contribution in [0.15, 0.2) is 30.3 Å². The third kappa shape index (κ3) is 3.42. The SMILES string of the molecule is CCCCN1CCCC(C(=O)c2ccccc2)C1. The molecule has 0 amide bonds. The van der Waals surface area contributed by atoms with Crippen LogP contribution in [-0.4, -0.2) is 30.3 Å². The van der Waals surface area contributed by atoms with E-state index in [1.165, 1.54) is 19.4 Å². The number of carbonyl (C=O) groups excluding carboxylic acids is 1. The van der Waals surface area contributed by atoms with Crippen LogP contribution >= 0.6 is 0 Å². The van der Waals surface area contributed by atoms with Crippen LogP contribution < -0.4 is 0 Å². The van der Waals surface area contributed by atoms with E-state index in [4.69, 9.17) is 0 Å². The molecule has 1 heterocycles. The Labute approximate surface area is 110 Å². The Hall–Kier alpha value is -1.15. The van der Waals surface area contributed by atoms with Gasteiger partial charge in [-0.25, -0.2) is 0 Å². The van der Waals surface area contributed by atoms with E-state index < -0.39 is 0 Å². The zero-order valence-corrected chi connectivity index (χ0v) is 11.3. The predicted octanol–water partition coefficient (Wildman–Crippen LogP) is 3.38. The molecule has 1 aromatic carbocycles. The lowest BCUT2D eigenvalue weighted by Crippen LogP contribution is -2.39. The highest BCUT2D eigenvalue weighted by atomic mass is 16.1. The van der Waals surface area contributed by atoms with E-state index in [0.29, 0.717) is 5.78 Å². The van der Waals surface area contributed by atoms with Gasteiger partial charge in [-0.2, -0.15) is 0 Å². The molecule has 0 saturated carbocycles. The minimum absolute atomic E-state index is 0.206.